The SMILES string of the molecule is COc1ccccc1C(=O)Nc1ncc(Cc2ccc(C)cc2)s1. The summed E-state index contributed by atoms with van der Waals surface area (Å²) < 4.78 is 5.22. The summed E-state index contributed by atoms with van der Waals surface area (Å²) in [5, 5.41) is 3.43. The molecule has 0 fully saturated rings. The summed E-state index contributed by atoms with van der Waals surface area (Å²) in [6, 6.07) is 15.6. The normalized spacial score (nSPS) is 10.4. The third-order valence-corrected chi connectivity index (χ3v) is 4.54. The number of hydrogen-bond donors (Lipinski definition) is 1. The van der Waals surface area contributed by atoms with E-state index >= 15 is 0 Å². The van der Waals surface area contributed by atoms with Crippen molar-refractivity contribution in [3.8, 4) is 5.75 Å². The van der Waals surface area contributed by atoms with Crippen molar-refractivity contribution < 1.29 is 9.53 Å². The Morgan fingerprint density at radius 1 is 1.17 bits per heavy atom. The fourth-order valence-electron chi connectivity index (χ4n) is 2.35. The molecular formula is C19H18N2O2S. The Morgan fingerprint density at radius 3 is 2.67 bits per heavy atom. The van der Waals surface area contributed by atoms with Gasteiger partial charge in [-0.15, -0.1) is 11.3 Å². The average Bonchev–Trinajstić information content (AvgIpc) is 3.03. The minimum absolute atomic E-state index is 0.219. The first-order chi connectivity index (χ1) is 11.7. The Morgan fingerprint density at radius 2 is 1.92 bits per heavy atom. The van der Waals surface area contributed by atoms with Crippen molar-refractivity contribution >= 4 is 22.4 Å². The third kappa shape index (κ3) is 3.81. The van der Waals surface area contributed by atoms with Gasteiger partial charge in [0.1, 0.15) is 5.75 Å². The molecule has 4 nitrogen and oxygen atoms in total. The van der Waals surface area contributed by atoms with Crippen molar-refractivity contribution in [2.24, 2.45) is 0 Å². The maximum absolute atomic E-state index is 12.4. The Hall–Kier alpha value is -2.66. The number of benzene rings is 2. The van der Waals surface area contributed by atoms with Crippen LogP contribution < -0.4 is 10.1 Å². The molecule has 2 aromatic carbocycles. The predicted molar refractivity (Wildman–Crippen MR) is 97.0 cm³/mol. The van der Waals surface area contributed by atoms with E-state index in [2.05, 4.69) is 41.5 Å². The Bertz CT molecular complexity index is 841. The van der Waals surface area contributed by atoms with Crippen molar-refractivity contribution in [1.82, 2.24) is 4.98 Å². The highest BCUT2D eigenvalue weighted by atomic mass is 32.1. The zero-order valence-corrected chi connectivity index (χ0v) is 14.4. The van der Waals surface area contributed by atoms with E-state index < -0.39 is 0 Å². The summed E-state index contributed by atoms with van der Waals surface area (Å²) in [7, 11) is 1.55. The van der Waals surface area contributed by atoms with Crippen LogP contribution >= 0.6 is 11.3 Å². The summed E-state index contributed by atoms with van der Waals surface area (Å²) in [5.74, 6) is 0.329. The molecule has 0 aliphatic rings. The molecule has 1 aromatic heterocycles. The number of nitrogens with one attached hydrogen (secondary N) is 1. The quantitative estimate of drug-likeness (QED) is 0.754. The average molecular weight is 338 g/mol. The number of hydrogen-bond acceptors (Lipinski definition) is 4. The fourth-order valence-corrected chi connectivity index (χ4v) is 3.19. The van der Waals surface area contributed by atoms with E-state index in [1.54, 1.807) is 19.2 Å². The largest absolute Gasteiger partial charge is 0.496 e. The molecule has 5 heteroatoms. The van der Waals surface area contributed by atoms with E-state index in [1.165, 1.54) is 22.5 Å². The van der Waals surface area contributed by atoms with E-state index in [0.717, 1.165) is 11.3 Å². The highest BCUT2D eigenvalue weighted by Crippen LogP contribution is 2.24. The third-order valence-electron chi connectivity index (χ3n) is 3.62. The van der Waals surface area contributed by atoms with Gasteiger partial charge in [0.2, 0.25) is 0 Å². The van der Waals surface area contributed by atoms with Crippen LogP contribution in [-0.4, -0.2) is 18.0 Å². The molecule has 0 saturated carbocycles. The summed E-state index contributed by atoms with van der Waals surface area (Å²) >= 11 is 1.48. The van der Waals surface area contributed by atoms with Crippen molar-refractivity contribution in [3.63, 3.8) is 0 Å². The number of carbonyl (C=O) groups excluding carboxylic acids is 1. The van der Waals surface area contributed by atoms with Gasteiger partial charge in [0.25, 0.3) is 5.91 Å². The lowest BCUT2D eigenvalue weighted by Crippen LogP contribution is -2.12. The molecule has 3 aromatic rings. The van der Waals surface area contributed by atoms with E-state index in [1.807, 2.05) is 18.3 Å². The number of para-hydroxylation sites is 1. The van der Waals surface area contributed by atoms with Gasteiger partial charge in [-0.2, -0.15) is 0 Å². The smallest absolute Gasteiger partial charge is 0.261 e. The Labute approximate surface area is 145 Å². The highest BCUT2D eigenvalue weighted by molar-refractivity contribution is 7.15. The van der Waals surface area contributed by atoms with E-state index in [0.29, 0.717) is 16.4 Å². The van der Waals surface area contributed by atoms with Crippen LogP contribution in [0.1, 0.15) is 26.4 Å². The second kappa shape index (κ2) is 7.27. The standard InChI is InChI=1S/C19H18N2O2S/c1-13-7-9-14(10-8-13)11-15-12-20-19(24-15)21-18(22)16-5-3-4-6-17(16)23-2/h3-10,12H,11H2,1-2H3,(H,20,21,22). The molecule has 0 aliphatic carbocycles. The Kier molecular flexibility index (Phi) is 4.91. The number of anilines is 1. The number of amides is 1. The van der Waals surface area contributed by atoms with E-state index in [4.69, 9.17) is 4.74 Å². The summed E-state index contributed by atoms with van der Waals surface area (Å²) in [4.78, 5) is 17.8. The topological polar surface area (TPSA) is 51.2 Å². The second-order valence-electron chi connectivity index (χ2n) is 5.45. The summed E-state index contributed by atoms with van der Waals surface area (Å²) in [6.45, 7) is 2.07. The lowest BCUT2D eigenvalue weighted by molar-refractivity contribution is 0.102. The lowest BCUT2D eigenvalue weighted by atomic mass is 10.1. The molecule has 24 heavy (non-hydrogen) atoms. The van der Waals surface area contributed by atoms with Crippen molar-refractivity contribution in [2.75, 3.05) is 12.4 Å². The number of rotatable bonds is 5. The summed E-state index contributed by atoms with van der Waals surface area (Å²) in [5.41, 5.74) is 2.97. The molecule has 0 unspecified atom stereocenters. The first-order valence-electron chi connectivity index (χ1n) is 7.60. The second-order valence-corrected chi connectivity index (χ2v) is 6.56. The number of thiazole rings is 1. The number of ether oxygens (including phenoxy) is 1. The van der Waals surface area contributed by atoms with Crippen molar-refractivity contribution in [3.05, 3.63) is 76.3 Å². The van der Waals surface area contributed by atoms with Gasteiger partial charge in [0, 0.05) is 17.5 Å². The van der Waals surface area contributed by atoms with Crippen molar-refractivity contribution in [2.45, 2.75) is 13.3 Å². The maximum atomic E-state index is 12.4. The van der Waals surface area contributed by atoms with Crippen LogP contribution in [0.5, 0.6) is 5.75 Å². The van der Waals surface area contributed by atoms with Crippen LogP contribution in [0.3, 0.4) is 0 Å². The zero-order valence-electron chi connectivity index (χ0n) is 13.6. The van der Waals surface area contributed by atoms with Gasteiger partial charge >= 0.3 is 0 Å². The van der Waals surface area contributed by atoms with E-state index in [-0.39, 0.29) is 5.91 Å². The van der Waals surface area contributed by atoms with Crippen LogP contribution in [0.2, 0.25) is 0 Å². The minimum atomic E-state index is -0.219. The molecule has 1 heterocycles. The molecule has 1 amide bonds. The Balaban J connectivity index is 1.69. The molecule has 0 radical (unpaired) electrons. The summed E-state index contributed by atoms with van der Waals surface area (Å²) in [6.07, 6.45) is 2.62. The number of aromatic nitrogens is 1. The van der Waals surface area contributed by atoms with Crippen LogP contribution in [0.15, 0.2) is 54.7 Å². The lowest BCUT2D eigenvalue weighted by Gasteiger charge is -2.06. The molecule has 3 rings (SSSR count). The van der Waals surface area contributed by atoms with Gasteiger partial charge in [-0.25, -0.2) is 4.98 Å². The van der Waals surface area contributed by atoms with Crippen LogP contribution in [-0.2, 0) is 6.42 Å². The van der Waals surface area contributed by atoms with Crippen LogP contribution in [0.25, 0.3) is 0 Å². The highest BCUT2D eigenvalue weighted by Gasteiger charge is 2.13. The monoisotopic (exact) mass is 338 g/mol. The first kappa shape index (κ1) is 16.2. The molecule has 0 atom stereocenters. The minimum Gasteiger partial charge on any atom is -0.496 e. The van der Waals surface area contributed by atoms with Gasteiger partial charge in [-0.05, 0) is 24.6 Å². The molecule has 1 N–H and O–H groups in total. The zero-order chi connectivity index (χ0) is 16.9. The molecule has 0 bridgehead atoms. The number of aryl methyl sites for hydroxylation is 1. The first-order valence-corrected chi connectivity index (χ1v) is 8.42. The van der Waals surface area contributed by atoms with Crippen LogP contribution in [0, 0.1) is 6.92 Å². The number of carbonyl (C=O) groups is 1. The molecule has 0 spiro atoms. The molecule has 122 valence electrons. The van der Waals surface area contributed by atoms with Crippen molar-refractivity contribution in [1.29, 1.82) is 0 Å². The van der Waals surface area contributed by atoms with Gasteiger partial charge in [-0.3, -0.25) is 10.1 Å². The maximum Gasteiger partial charge on any atom is 0.261 e. The van der Waals surface area contributed by atoms with Gasteiger partial charge in [0.15, 0.2) is 5.13 Å². The molecule has 0 saturated heterocycles. The number of methoxy groups -OCH3 is 1. The fraction of sp³-hybridized carbons (Fsp3) is 0.158. The van der Waals surface area contributed by atoms with Gasteiger partial charge < -0.3 is 4.74 Å². The molecule has 0 aliphatic heterocycles. The van der Waals surface area contributed by atoms with E-state index in [9.17, 15) is 4.79 Å². The van der Waals surface area contributed by atoms with Crippen LogP contribution in [0.4, 0.5) is 5.13 Å². The van der Waals surface area contributed by atoms with Gasteiger partial charge in [-0.1, -0.05) is 42.0 Å². The predicted octanol–water partition coefficient (Wildman–Crippen LogP) is 4.30. The molecular weight excluding hydrogens is 320 g/mol. The number of nitrogens with zero attached hydrogens (tertiary/aromatic N) is 1. The van der Waals surface area contributed by atoms with Gasteiger partial charge in [0.05, 0.1) is 12.7 Å².